The van der Waals surface area contributed by atoms with E-state index in [4.69, 9.17) is 5.10 Å². The van der Waals surface area contributed by atoms with Crippen molar-refractivity contribution in [3.8, 4) is 11.4 Å². The van der Waals surface area contributed by atoms with E-state index in [2.05, 4.69) is 42.4 Å². The van der Waals surface area contributed by atoms with Crippen LogP contribution in [0.5, 0.6) is 0 Å². The number of nitrogens with one attached hydrogen (secondary N) is 1. The molecular weight excluding hydrogens is 460 g/mol. The highest BCUT2D eigenvalue weighted by Crippen LogP contribution is 2.34. The van der Waals surface area contributed by atoms with Gasteiger partial charge in [0.25, 0.3) is 5.56 Å². The van der Waals surface area contributed by atoms with E-state index in [1.807, 2.05) is 28.7 Å². The number of H-pyrrole nitrogens is 1. The fourth-order valence-corrected chi connectivity index (χ4v) is 5.42. The molecule has 0 aliphatic heterocycles. The van der Waals surface area contributed by atoms with Crippen molar-refractivity contribution in [2.24, 2.45) is 20.0 Å². The first-order chi connectivity index (χ1) is 16.9. The molecular formula is C26H28N6O2S. The highest BCUT2D eigenvalue weighted by molar-refractivity contribution is 7.98. The van der Waals surface area contributed by atoms with Crippen molar-refractivity contribution in [3.63, 3.8) is 0 Å². The summed E-state index contributed by atoms with van der Waals surface area (Å²) in [5.74, 6) is 0.469. The second-order valence-electron chi connectivity index (χ2n) is 9.64. The van der Waals surface area contributed by atoms with Crippen molar-refractivity contribution in [2.75, 3.05) is 6.26 Å². The van der Waals surface area contributed by atoms with E-state index in [1.165, 1.54) is 10.1 Å². The van der Waals surface area contributed by atoms with Gasteiger partial charge in [0, 0.05) is 48.8 Å². The number of aromatic nitrogens is 6. The molecule has 0 spiro atoms. The van der Waals surface area contributed by atoms with E-state index in [0.717, 1.165) is 45.6 Å². The Bertz CT molecular complexity index is 1730. The molecule has 9 heteroatoms. The molecule has 0 atom stereocenters. The topological polar surface area (TPSA) is 82.5 Å². The Kier molecular flexibility index (Phi) is 5.07. The SMILES string of the molecule is CSc1cc(-c2c3c(=O)n(C)c(=O)n(CC4CC4)c3nn2Cc2c[nH]c3ccc(C)cc23)n(C)c1. The van der Waals surface area contributed by atoms with Gasteiger partial charge in [0.2, 0.25) is 0 Å². The van der Waals surface area contributed by atoms with Crippen LogP contribution in [-0.4, -0.2) is 34.7 Å². The van der Waals surface area contributed by atoms with Gasteiger partial charge in [-0.3, -0.25) is 18.6 Å². The van der Waals surface area contributed by atoms with E-state index in [9.17, 15) is 9.59 Å². The maximum absolute atomic E-state index is 13.5. The molecule has 8 nitrogen and oxygen atoms in total. The molecule has 1 N–H and O–H groups in total. The molecule has 180 valence electrons. The molecule has 1 aromatic carbocycles. The summed E-state index contributed by atoms with van der Waals surface area (Å²) in [5, 5.41) is 6.58. The van der Waals surface area contributed by atoms with Gasteiger partial charge >= 0.3 is 5.69 Å². The van der Waals surface area contributed by atoms with Gasteiger partial charge in [0.05, 0.1) is 12.2 Å². The number of thioether (sulfide) groups is 1. The molecule has 1 aliphatic rings. The van der Waals surface area contributed by atoms with Gasteiger partial charge in [0.15, 0.2) is 5.65 Å². The minimum Gasteiger partial charge on any atom is -0.361 e. The van der Waals surface area contributed by atoms with E-state index in [0.29, 0.717) is 30.0 Å². The number of rotatable bonds is 6. The molecule has 4 aromatic heterocycles. The summed E-state index contributed by atoms with van der Waals surface area (Å²) in [7, 11) is 3.55. The summed E-state index contributed by atoms with van der Waals surface area (Å²) in [6.07, 6.45) is 8.31. The van der Waals surface area contributed by atoms with Crippen LogP contribution in [0.4, 0.5) is 0 Å². The second kappa shape index (κ2) is 8.05. The average Bonchev–Trinajstić information content (AvgIpc) is 3.30. The molecule has 0 saturated heterocycles. The largest absolute Gasteiger partial charge is 0.361 e. The van der Waals surface area contributed by atoms with Gasteiger partial charge in [-0.25, -0.2) is 4.79 Å². The third-order valence-electron chi connectivity index (χ3n) is 7.06. The van der Waals surface area contributed by atoms with Crippen molar-refractivity contribution in [1.82, 2.24) is 28.5 Å². The Balaban J connectivity index is 1.65. The summed E-state index contributed by atoms with van der Waals surface area (Å²) in [4.78, 5) is 31.1. The maximum atomic E-state index is 13.5. The number of benzene rings is 1. The Morgan fingerprint density at radius 2 is 1.97 bits per heavy atom. The smallest absolute Gasteiger partial charge is 0.332 e. The van der Waals surface area contributed by atoms with Crippen LogP contribution in [-0.2, 0) is 27.2 Å². The summed E-state index contributed by atoms with van der Waals surface area (Å²) in [6.45, 7) is 3.15. The van der Waals surface area contributed by atoms with Crippen LogP contribution in [0.2, 0.25) is 0 Å². The minimum absolute atomic E-state index is 0.301. The summed E-state index contributed by atoms with van der Waals surface area (Å²) in [5.41, 5.74) is 4.85. The first kappa shape index (κ1) is 22.0. The standard InChI is InChI=1S/C26H28N6O2S/c1-15-5-8-20-19(9-15)17(11-27-20)13-32-23(21-10-18(35-4)14-29(21)2)22-24(28-32)31(12-16-6-7-16)26(34)30(3)25(22)33/h5,8-11,14,16,27H,6-7,12-13H2,1-4H3. The van der Waals surface area contributed by atoms with Gasteiger partial charge in [0.1, 0.15) is 11.1 Å². The zero-order chi connectivity index (χ0) is 24.4. The average molecular weight is 489 g/mol. The fourth-order valence-electron chi connectivity index (χ4n) is 4.92. The van der Waals surface area contributed by atoms with Crippen molar-refractivity contribution in [2.45, 2.75) is 37.8 Å². The van der Waals surface area contributed by atoms with Crippen molar-refractivity contribution in [3.05, 3.63) is 68.6 Å². The zero-order valence-electron chi connectivity index (χ0n) is 20.3. The zero-order valence-corrected chi connectivity index (χ0v) is 21.1. The first-order valence-electron chi connectivity index (χ1n) is 11.8. The molecule has 0 bridgehead atoms. The number of nitrogens with zero attached hydrogens (tertiary/aromatic N) is 5. The van der Waals surface area contributed by atoms with Crippen LogP contribution in [0.25, 0.3) is 33.3 Å². The lowest BCUT2D eigenvalue weighted by atomic mass is 10.1. The highest BCUT2D eigenvalue weighted by Gasteiger charge is 2.28. The van der Waals surface area contributed by atoms with Gasteiger partial charge in [-0.2, -0.15) is 5.10 Å². The van der Waals surface area contributed by atoms with Crippen LogP contribution in [0.3, 0.4) is 0 Å². The van der Waals surface area contributed by atoms with E-state index >= 15 is 0 Å². The van der Waals surface area contributed by atoms with Gasteiger partial charge < -0.3 is 9.55 Å². The minimum atomic E-state index is -0.306. The maximum Gasteiger partial charge on any atom is 0.332 e. The quantitative estimate of drug-likeness (QED) is 0.368. The van der Waals surface area contributed by atoms with Crippen LogP contribution in [0.1, 0.15) is 24.0 Å². The number of hydrogen-bond donors (Lipinski definition) is 1. The Morgan fingerprint density at radius 3 is 2.69 bits per heavy atom. The lowest BCUT2D eigenvalue weighted by Crippen LogP contribution is -2.38. The van der Waals surface area contributed by atoms with E-state index < -0.39 is 0 Å². The number of hydrogen-bond acceptors (Lipinski definition) is 4. The van der Waals surface area contributed by atoms with Gasteiger partial charge in [-0.1, -0.05) is 11.6 Å². The molecule has 1 saturated carbocycles. The second-order valence-corrected chi connectivity index (χ2v) is 10.5. The Labute approximate surface area is 206 Å². The van der Waals surface area contributed by atoms with Crippen molar-refractivity contribution >= 4 is 33.7 Å². The fraction of sp³-hybridized carbons (Fsp3) is 0.346. The molecule has 5 aromatic rings. The predicted octanol–water partition coefficient (Wildman–Crippen LogP) is 3.87. The summed E-state index contributed by atoms with van der Waals surface area (Å²) >= 11 is 1.66. The molecule has 0 amide bonds. The van der Waals surface area contributed by atoms with E-state index in [-0.39, 0.29) is 11.2 Å². The van der Waals surface area contributed by atoms with Crippen LogP contribution >= 0.6 is 11.8 Å². The molecule has 35 heavy (non-hydrogen) atoms. The number of aromatic amines is 1. The molecule has 0 radical (unpaired) electrons. The Morgan fingerprint density at radius 1 is 1.17 bits per heavy atom. The lowest BCUT2D eigenvalue weighted by Gasteiger charge is -2.09. The molecule has 1 fully saturated rings. The molecule has 1 aliphatic carbocycles. The lowest BCUT2D eigenvalue weighted by molar-refractivity contribution is 0.572. The monoisotopic (exact) mass is 488 g/mol. The number of aryl methyl sites for hydroxylation is 2. The van der Waals surface area contributed by atoms with Gasteiger partial charge in [-0.05, 0) is 55.7 Å². The molecule has 0 unspecified atom stereocenters. The molecule has 6 rings (SSSR count). The Hall–Kier alpha value is -3.46. The predicted molar refractivity (Wildman–Crippen MR) is 140 cm³/mol. The van der Waals surface area contributed by atoms with Crippen LogP contribution in [0, 0.1) is 12.8 Å². The van der Waals surface area contributed by atoms with Crippen LogP contribution < -0.4 is 11.2 Å². The van der Waals surface area contributed by atoms with Gasteiger partial charge in [-0.15, -0.1) is 11.8 Å². The van der Waals surface area contributed by atoms with Crippen molar-refractivity contribution < 1.29 is 0 Å². The van der Waals surface area contributed by atoms with E-state index in [1.54, 1.807) is 23.4 Å². The molecule has 4 heterocycles. The first-order valence-corrected chi connectivity index (χ1v) is 13.1. The summed E-state index contributed by atoms with van der Waals surface area (Å²) in [6, 6.07) is 8.43. The third-order valence-corrected chi connectivity index (χ3v) is 7.76. The number of fused-ring (bicyclic) bond motifs is 2. The highest BCUT2D eigenvalue weighted by atomic mass is 32.2. The van der Waals surface area contributed by atoms with Crippen LogP contribution in [0.15, 0.2) is 51.1 Å². The normalized spacial score (nSPS) is 13.9. The third kappa shape index (κ3) is 3.56. The van der Waals surface area contributed by atoms with Crippen molar-refractivity contribution in [1.29, 1.82) is 0 Å². The summed E-state index contributed by atoms with van der Waals surface area (Å²) < 4.78 is 6.87.